The summed E-state index contributed by atoms with van der Waals surface area (Å²) in [5, 5.41) is 6.86. The van der Waals surface area contributed by atoms with E-state index < -0.39 is 0 Å². The first-order chi connectivity index (χ1) is 9.20. The first kappa shape index (κ1) is 14.6. The van der Waals surface area contributed by atoms with Crippen LogP contribution in [-0.2, 0) is 20.9 Å². The zero-order chi connectivity index (χ0) is 15.1. The molecule has 1 amide bonds. The molecular formula is C14H21N3O3. The number of hydrogen-bond acceptors (Lipinski definition) is 4. The van der Waals surface area contributed by atoms with Crippen LogP contribution in [0.5, 0.6) is 0 Å². The van der Waals surface area contributed by atoms with Crippen molar-refractivity contribution in [3.63, 3.8) is 0 Å². The van der Waals surface area contributed by atoms with Gasteiger partial charge < -0.3 is 10.1 Å². The molecule has 0 aromatic carbocycles. The average molecular weight is 279 g/mol. The van der Waals surface area contributed by atoms with Crippen molar-refractivity contribution in [1.29, 1.82) is 0 Å². The van der Waals surface area contributed by atoms with E-state index in [0.29, 0.717) is 5.69 Å². The highest BCUT2D eigenvalue weighted by Gasteiger charge is 2.68. The third kappa shape index (κ3) is 2.30. The molecule has 0 unspecified atom stereocenters. The van der Waals surface area contributed by atoms with Crippen LogP contribution in [0.2, 0.25) is 0 Å². The average Bonchev–Trinajstić information content (AvgIpc) is 2.65. The number of hydrogen-bond donors (Lipinski definition) is 1. The van der Waals surface area contributed by atoms with Crippen LogP contribution in [0, 0.1) is 16.7 Å². The Bertz CT molecular complexity index is 532. The predicted molar refractivity (Wildman–Crippen MR) is 73.9 cm³/mol. The van der Waals surface area contributed by atoms with E-state index in [1.807, 2.05) is 0 Å². The van der Waals surface area contributed by atoms with Gasteiger partial charge in [-0.1, -0.05) is 27.7 Å². The fraction of sp³-hybridized carbons (Fsp3) is 0.643. The first-order valence-corrected chi connectivity index (χ1v) is 6.60. The third-order valence-corrected chi connectivity index (χ3v) is 4.70. The molecule has 6 heteroatoms. The molecule has 1 aromatic rings. The van der Waals surface area contributed by atoms with Gasteiger partial charge in [-0.3, -0.25) is 14.3 Å². The maximum atomic E-state index is 12.3. The smallest absolute Gasteiger partial charge is 0.327 e. The molecule has 0 aliphatic heterocycles. The number of aromatic nitrogens is 2. The van der Waals surface area contributed by atoms with E-state index in [1.54, 1.807) is 6.20 Å². The van der Waals surface area contributed by atoms with Crippen LogP contribution in [0.15, 0.2) is 12.4 Å². The van der Waals surface area contributed by atoms with Crippen molar-refractivity contribution < 1.29 is 14.3 Å². The van der Waals surface area contributed by atoms with Gasteiger partial charge in [-0.05, 0) is 10.8 Å². The molecule has 110 valence electrons. The number of methoxy groups -OCH3 is 1. The normalized spacial score (nSPS) is 19.4. The van der Waals surface area contributed by atoms with Gasteiger partial charge in [0.15, 0.2) is 0 Å². The number of nitrogens with one attached hydrogen (secondary N) is 1. The summed E-state index contributed by atoms with van der Waals surface area (Å²) in [4.78, 5) is 23.4. The van der Waals surface area contributed by atoms with E-state index in [0.717, 1.165) is 0 Å². The Hall–Kier alpha value is -1.85. The number of carbonyl (C=O) groups excluding carboxylic acids is 2. The van der Waals surface area contributed by atoms with Crippen LogP contribution in [0.25, 0.3) is 0 Å². The van der Waals surface area contributed by atoms with Gasteiger partial charge in [-0.15, -0.1) is 0 Å². The zero-order valence-electron chi connectivity index (χ0n) is 12.6. The molecule has 1 heterocycles. The van der Waals surface area contributed by atoms with E-state index in [-0.39, 0.29) is 35.2 Å². The number of rotatable bonds is 4. The molecule has 1 fully saturated rings. The second-order valence-electron chi connectivity index (χ2n) is 6.37. The monoisotopic (exact) mass is 279 g/mol. The first-order valence-electron chi connectivity index (χ1n) is 6.60. The van der Waals surface area contributed by atoms with Crippen LogP contribution in [0.1, 0.15) is 27.7 Å². The minimum Gasteiger partial charge on any atom is -0.468 e. The molecule has 2 rings (SSSR count). The second-order valence-corrected chi connectivity index (χ2v) is 6.37. The van der Waals surface area contributed by atoms with Crippen LogP contribution in [0.4, 0.5) is 5.69 Å². The highest BCUT2D eigenvalue weighted by Crippen LogP contribution is 2.68. The summed E-state index contributed by atoms with van der Waals surface area (Å²) in [5.74, 6) is -0.396. The number of esters is 1. The Morgan fingerprint density at radius 1 is 1.35 bits per heavy atom. The molecule has 0 spiro atoms. The predicted octanol–water partition coefficient (Wildman–Crippen LogP) is 1.68. The van der Waals surface area contributed by atoms with Crippen LogP contribution < -0.4 is 5.32 Å². The van der Waals surface area contributed by atoms with Gasteiger partial charge in [-0.25, -0.2) is 0 Å². The molecule has 0 atom stereocenters. The number of nitrogens with zero attached hydrogens (tertiary/aromatic N) is 2. The highest BCUT2D eigenvalue weighted by atomic mass is 16.5. The molecule has 20 heavy (non-hydrogen) atoms. The van der Waals surface area contributed by atoms with Crippen molar-refractivity contribution in [2.75, 3.05) is 12.4 Å². The van der Waals surface area contributed by atoms with E-state index in [1.165, 1.54) is 18.0 Å². The Morgan fingerprint density at radius 3 is 2.45 bits per heavy atom. The summed E-state index contributed by atoms with van der Waals surface area (Å²) in [6.07, 6.45) is 3.15. The molecule has 1 N–H and O–H groups in total. The summed E-state index contributed by atoms with van der Waals surface area (Å²) in [6.45, 7) is 8.42. The Kier molecular flexibility index (Phi) is 3.36. The van der Waals surface area contributed by atoms with Crippen LogP contribution in [0.3, 0.4) is 0 Å². The molecule has 0 bridgehead atoms. The van der Waals surface area contributed by atoms with E-state index >= 15 is 0 Å². The topological polar surface area (TPSA) is 73.2 Å². The van der Waals surface area contributed by atoms with Crippen LogP contribution >= 0.6 is 0 Å². The molecule has 1 aliphatic carbocycles. The van der Waals surface area contributed by atoms with Gasteiger partial charge >= 0.3 is 5.97 Å². The lowest BCUT2D eigenvalue weighted by atomic mass is 10.0. The second kappa shape index (κ2) is 4.61. The Labute approximate surface area is 118 Å². The van der Waals surface area contributed by atoms with Crippen molar-refractivity contribution >= 4 is 17.6 Å². The van der Waals surface area contributed by atoms with Crippen molar-refractivity contribution in [2.45, 2.75) is 34.2 Å². The number of carbonyl (C=O) groups is 2. The third-order valence-electron chi connectivity index (χ3n) is 4.70. The lowest BCUT2D eigenvalue weighted by Crippen LogP contribution is -2.17. The molecule has 0 saturated heterocycles. The molecular weight excluding hydrogens is 258 g/mol. The Morgan fingerprint density at radius 2 is 1.95 bits per heavy atom. The minimum atomic E-state index is -0.379. The maximum Gasteiger partial charge on any atom is 0.327 e. The number of ether oxygens (including phenoxy) is 1. The van der Waals surface area contributed by atoms with Crippen LogP contribution in [-0.4, -0.2) is 28.8 Å². The number of amides is 1. The highest BCUT2D eigenvalue weighted by molar-refractivity contribution is 5.95. The van der Waals surface area contributed by atoms with Crippen molar-refractivity contribution in [1.82, 2.24) is 9.78 Å². The largest absolute Gasteiger partial charge is 0.468 e. The van der Waals surface area contributed by atoms with Gasteiger partial charge in [0.1, 0.15) is 6.54 Å². The molecule has 0 radical (unpaired) electrons. The van der Waals surface area contributed by atoms with Gasteiger partial charge in [0.2, 0.25) is 5.91 Å². The van der Waals surface area contributed by atoms with E-state index in [2.05, 4.69) is 42.8 Å². The zero-order valence-corrected chi connectivity index (χ0v) is 12.6. The summed E-state index contributed by atoms with van der Waals surface area (Å²) >= 11 is 0. The fourth-order valence-corrected chi connectivity index (χ4v) is 2.78. The summed E-state index contributed by atoms with van der Waals surface area (Å²) in [5.41, 5.74) is 0.593. The van der Waals surface area contributed by atoms with Crippen molar-refractivity contribution in [3.8, 4) is 0 Å². The fourth-order valence-electron chi connectivity index (χ4n) is 2.78. The molecule has 1 aliphatic rings. The Balaban J connectivity index is 1.98. The van der Waals surface area contributed by atoms with E-state index in [9.17, 15) is 9.59 Å². The van der Waals surface area contributed by atoms with Gasteiger partial charge in [-0.2, -0.15) is 5.10 Å². The van der Waals surface area contributed by atoms with Gasteiger partial charge in [0.25, 0.3) is 0 Å². The summed E-state index contributed by atoms with van der Waals surface area (Å²) < 4.78 is 6.00. The van der Waals surface area contributed by atoms with E-state index in [4.69, 9.17) is 0 Å². The molecule has 1 aromatic heterocycles. The number of anilines is 1. The summed E-state index contributed by atoms with van der Waals surface area (Å²) in [6, 6.07) is 0. The maximum absolute atomic E-state index is 12.3. The van der Waals surface area contributed by atoms with Crippen molar-refractivity contribution in [2.24, 2.45) is 16.7 Å². The van der Waals surface area contributed by atoms with Gasteiger partial charge in [0, 0.05) is 12.1 Å². The quantitative estimate of drug-likeness (QED) is 0.851. The lowest BCUT2D eigenvalue weighted by molar-refractivity contribution is -0.141. The van der Waals surface area contributed by atoms with Crippen molar-refractivity contribution in [3.05, 3.63) is 12.4 Å². The minimum absolute atomic E-state index is 0.000899. The lowest BCUT2D eigenvalue weighted by Gasteiger charge is -2.03. The molecule has 6 nitrogen and oxygen atoms in total. The molecule has 1 saturated carbocycles. The SMILES string of the molecule is COC(=O)Cn1cc(NC(=O)C2C(C)(C)C2(C)C)cn1. The summed E-state index contributed by atoms with van der Waals surface area (Å²) in [7, 11) is 1.33. The van der Waals surface area contributed by atoms with Gasteiger partial charge in [0.05, 0.1) is 19.0 Å². The standard InChI is InChI=1S/C14H21N3O3/c1-13(2)11(14(13,3)4)12(19)16-9-6-15-17(7-9)8-10(18)20-5/h6-7,11H,8H2,1-5H3,(H,16,19).